The Morgan fingerprint density at radius 3 is 3.00 bits per heavy atom. The van der Waals surface area contributed by atoms with Gasteiger partial charge in [0.05, 0.1) is 11.7 Å². The highest BCUT2D eigenvalue weighted by Gasteiger charge is 2.34. The van der Waals surface area contributed by atoms with Gasteiger partial charge in [-0.15, -0.1) is 0 Å². The maximum absolute atomic E-state index is 12.1. The number of nitrogens with one attached hydrogen (secondary N) is 2. The summed E-state index contributed by atoms with van der Waals surface area (Å²) in [6, 6.07) is 0. The topological polar surface area (TPSA) is 73.9 Å². The molecule has 0 radical (unpaired) electrons. The Morgan fingerprint density at radius 2 is 2.40 bits per heavy atom. The first-order valence-electron chi connectivity index (χ1n) is 5.00. The number of aromatic nitrogens is 3. The number of hydrogen-bond acceptors (Lipinski definition) is 4. The molecule has 2 rings (SSSR count). The molecule has 0 aromatic carbocycles. The van der Waals surface area contributed by atoms with Crippen molar-refractivity contribution in [3.8, 4) is 0 Å². The van der Waals surface area contributed by atoms with Crippen LogP contribution < -0.4 is 5.32 Å². The van der Waals surface area contributed by atoms with E-state index in [0.29, 0.717) is 12.2 Å². The van der Waals surface area contributed by atoms with Crippen molar-refractivity contribution in [1.82, 2.24) is 25.6 Å². The molecule has 1 aliphatic rings. The summed E-state index contributed by atoms with van der Waals surface area (Å²) in [5.41, 5.74) is 0.207. The third-order valence-electron chi connectivity index (χ3n) is 2.68. The maximum atomic E-state index is 12.1. The van der Waals surface area contributed by atoms with Gasteiger partial charge in [-0.3, -0.25) is 4.79 Å². The van der Waals surface area contributed by atoms with Crippen molar-refractivity contribution < 1.29 is 4.79 Å². The molecule has 6 heteroatoms. The molecule has 2 N–H and O–H groups in total. The van der Waals surface area contributed by atoms with Gasteiger partial charge in [-0.1, -0.05) is 0 Å². The van der Waals surface area contributed by atoms with Crippen LogP contribution in [0, 0.1) is 0 Å². The summed E-state index contributed by atoms with van der Waals surface area (Å²) in [7, 11) is 0. The molecule has 15 heavy (non-hydrogen) atoms. The Morgan fingerprint density at radius 1 is 1.60 bits per heavy atom. The molecule has 1 aliphatic heterocycles. The van der Waals surface area contributed by atoms with E-state index in [1.165, 1.54) is 6.20 Å². The second kappa shape index (κ2) is 3.62. The first-order chi connectivity index (χ1) is 7.11. The lowest BCUT2D eigenvalue weighted by molar-refractivity contribution is 0.0471. The molecule has 0 bridgehead atoms. The van der Waals surface area contributed by atoms with Crippen molar-refractivity contribution in [2.75, 3.05) is 19.6 Å². The molecule has 1 fully saturated rings. The van der Waals surface area contributed by atoms with Crippen molar-refractivity contribution >= 4 is 5.91 Å². The molecule has 0 spiro atoms. The lowest BCUT2D eigenvalue weighted by Gasteiger charge is -2.42. The third kappa shape index (κ3) is 1.85. The highest BCUT2D eigenvalue weighted by Crippen LogP contribution is 2.18. The largest absolute Gasteiger partial charge is 0.330 e. The average Bonchev–Trinajstić information content (AvgIpc) is 2.69. The van der Waals surface area contributed by atoms with Crippen LogP contribution in [-0.2, 0) is 0 Å². The Labute approximate surface area is 88.0 Å². The molecular weight excluding hydrogens is 194 g/mol. The molecule has 6 nitrogen and oxygen atoms in total. The molecule has 0 unspecified atom stereocenters. The first-order valence-corrected chi connectivity index (χ1v) is 5.00. The highest BCUT2D eigenvalue weighted by molar-refractivity contribution is 5.92. The fraction of sp³-hybridized carbons (Fsp3) is 0.667. The Kier molecular flexibility index (Phi) is 2.44. The summed E-state index contributed by atoms with van der Waals surface area (Å²) >= 11 is 0. The smallest absolute Gasteiger partial charge is 0.276 e. The standard InChI is InChI=1S/C9H15N5O/c1-9(2)6-10-3-4-14(9)8(15)7-5-11-13-12-7/h5,10H,3-4,6H2,1-2H3,(H,11,12,13). The van der Waals surface area contributed by atoms with Crippen LogP contribution in [-0.4, -0.2) is 51.4 Å². The number of nitrogens with zero attached hydrogens (tertiary/aromatic N) is 3. The fourth-order valence-corrected chi connectivity index (χ4v) is 1.80. The Bertz CT molecular complexity index is 345. The summed E-state index contributed by atoms with van der Waals surface area (Å²) in [6.45, 7) is 6.41. The summed E-state index contributed by atoms with van der Waals surface area (Å²) in [5.74, 6) is -0.0600. The normalized spacial score (nSPS) is 20.3. The number of hydrogen-bond donors (Lipinski definition) is 2. The van der Waals surface area contributed by atoms with Crippen LogP contribution in [0.2, 0.25) is 0 Å². The van der Waals surface area contributed by atoms with Gasteiger partial charge in [0.2, 0.25) is 0 Å². The molecule has 1 aromatic rings. The van der Waals surface area contributed by atoms with Gasteiger partial charge in [0.1, 0.15) is 0 Å². The van der Waals surface area contributed by atoms with Crippen molar-refractivity contribution in [1.29, 1.82) is 0 Å². The van der Waals surface area contributed by atoms with Gasteiger partial charge in [0, 0.05) is 19.6 Å². The van der Waals surface area contributed by atoms with E-state index in [2.05, 4.69) is 20.7 Å². The van der Waals surface area contributed by atoms with E-state index < -0.39 is 0 Å². The lowest BCUT2D eigenvalue weighted by Crippen LogP contribution is -2.59. The number of carbonyl (C=O) groups excluding carboxylic acids is 1. The van der Waals surface area contributed by atoms with E-state index >= 15 is 0 Å². The van der Waals surface area contributed by atoms with E-state index in [0.717, 1.165) is 13.1 Å². The van der Waals surface area contributed by atoms with E-state index in [4.69, 9.17) is 0 Å². The molecule has 0 atom stereocenters. The van der Waals surface area contributed by atoms with Crippen LogP contribution in [0.1, 0.15) is 24.3 Å². The minimum absolute atomic E-state index is 0.0600. The molecule has 1 aromatic heterocycles. The zero-order valence-electron chi connectivity index (χ0n) is 8.95. The van der Waals surface area contributed by atoms with Gasteiger partial charge in [-0.2, -0.15) is 15.4 Å². The zero-order valence-corrected chi connectivity index (χ0v) is 8.95. The zero-order chi connectivity index (χ0) is 10.9. The van der Waals surface area contributed by atoms with Crippen molar-refractivity contribution in [3.63, 3.8) is 0 Å². The molecule has 0 saturated carbocycles. The fourth-order valence-electron chi connectivity index (χ4n) is 1.80. The molecule has 82 valence electrons. The number of piperazine rings is 1. The second-order valence-electron chi connectivity index (χ2n) is 4.30. The second-order valence-corrected chi connectivity index (χ2v) is 4.30. The van der Waals surface area contributed by atoms with Crippen molar-refractivity contribution in [2.24, 2.45) is 0 Å². The van der Waals surface area contributed by atoms with Gasteiger partial charge < -0.3 is 10.2 Å². The number of H-pyrrole nitrogens is 1. The van der Waals surface area contributed by atoms with Gasteiger partial charge in [0.25, 0.3) is 5.91 Å². The van der Waals surface area contributed by atoms with E-state index in [-0.39, 0.29) is 11.4 Å². The van der Waals surface area contributed by atoms with Crippen LogP contribution >= 0.6 is 0 Å². The van der Waals surface area contributed by atoms with Gasteiger partial charge in [-0.25, -0.2) is 0 Å². The van der Waals surface area contributed by atoms with Crippen LogP contribution in [0.15, 0.2) is 6.20 Å². The van der Waals surface area contributed by atoms with Crippen LogP contribution in [0.25, 0.3) is 0 Å². The van der Waals surface area contributed by atoms with E-state index in [9.17, 15) is 4.79 Å². The highest BCUT2D eigenvalue weighted by atomic mass is 16.2. The summed E-state index contributed by atoms with van der Waals surface area (Å²) in [6.07, 6.45) is 1.46. The third-order valence-corrected chi connectivity index (χ3v) is 2.68. The monoisotopic (exact) mass is 209 g/mol. The van der Waals surface area contributed by atoms with Gasteiger partial charge in [0.15, 0.2) is 5.69 Å². The maximum Gasteiger partial charge on any atom is 0.276 e. The number of carbonyl (C=O) groups is 1. The predicted molar refractivity (Wildman–Crippen MR) is 54.4 cm³/mol. The SMILES string of the molecule is CC1(C)CNCCN1C(=O)c1cn[nH]n1. The minimum atomic E-state index is -0.172. The molecule has 1 saturated heterocycles. The Hall–Kier alpha value is -1.43. The molecule has 0 aliphatic carbocycles. The van der Waals surface area contributed by atoms with Crippen LogP contribution in [0.4, 0.5) is 0 Å². The minimum Gasteiger partial charge on any atom is -0.330 e. The van der Waals surface area contributed by atoms with E-state index in [1.807, 2.05) is 18.7 Å². The van der Waals surface area contributed by atoms with Crippen LogP contribution in [0.5, 0.6) is 0 Å². The Balaban J connectivity index is 2.19. The van der Waals surface area contributed by atoms with Crippen molar-refractivity contribution in [3.05, 3.63) is 11.9 Å². The van der Waals surface area contributed by atoms with Crippen LogP contribution in [0.3, 0.4) is 0 Å². The summed E-state index contributed by atoms with van der Waals surface area (Å²) < 4.78 is 0. The van der Waals surface area contributed by atoms with Gasteiger partial charge >= 0.3 is 0 Å². The summed E-state index contributed by atoms with van der Waals surface area (Å²) in [4.78, 5) is 13.9. The number of amides is 1. The van der Waals surface area contributed by atoms with E-state index in [1.54, 1.807) is 0 Å². The molecule has 2 heterocycles. The lowest BCUT2D eigenvalue weighted by atomic mass is 10.00. The predicted octanol–water partition coefficient (Wildman–Crippen LogP) is -0.371. The van der Waals surface area contributed by atoms with Gasteiger partial charge in [-0.05, 0) is 13.8 Å². The number of aromatic amines is 1. The van der Waals surface area contributed by atoms with Crippen molar-refractivity contribution in [2.45, 2.75) is 19.4 Å². The average molecular weight is 209 g/mol. The molecular formula is C9H15N5O. The molecule has 1 amide bonds. The summed E-state index contributed by atoms with van der Waals surface area (Å²) in [5, 5.41) is 13.2. The number of rotatable bonds is 1. The quantitative estimate of drug-likeness (QED) is 0.661. The first kappa shape index (κ1) is 10.1.